The van der Waals surface area contributed by atoms with Crippen LogP contribution in [0, 0.1) is 10.1 Å². The highest BCUT2D eigenvalue weighted by molar-refractivity contribution is 6.30. The molecule has 0 bridgehead atoms. The Hall–Kier alpha value is -2.08. The van der Waals surface area contributed by atoms with Gasteiger partial charge >= 0.3 is 5.69 Å². The van der Waals surface area contributed by atoms with Crippen LogP contribution < -0.4 is 5.69 Å². The van der Waals surface area contributed by atoms with Crippen molar-refractivity contribution >= 4 is 17.3 Å². The highest BCUT2D eigenvalue weighted by Crippen LogP contribution is 2.23. The van der Waals surface area contributed by atoms with Crippen LogP contribution in [-0.4, -0.2) is 14.1 Å². The molecule has 0 spiro atoms. The number of nitro benzene ring substituents is 1. The Kier molecular flexibility index (Phi) is 3.20. The molecule has 0 N–H and O–H groups in total. The van der Waals surface area contributed by atoms with Crippen molar-refractivity contribution in [3.8, 4) is 0 Å². The zero-order valence-electron chi connectivity index (χ0n) is 9.54. The van der Waals surface area contributed by atoms with Crippen LogP contribution in [0.1, 0.15) is 5.56 Å². The predicted molar refractivity (Wildman–Crippen MR) is 66.9 cm³/mol. The maximum absolute atomic E-state index is 11.7. The minimum Gasteiger partial charge on any atom is -0.302 e. The van der Waals surface area contributed by atoms with E-state index >= 15 is 0 Å². The summed E-state index contributed by atoms with van der Waals surface area (Å²) in [4.78, 5) is 22.1. The van der Waals surface area contributed by atoms with Crippen LogP contribution in [0.15, 0.2) is 35.4 Å². The number of benzene rings is 1. The van der Waals surface area contributed by atoms with E-state index in [0.29, 0.717) is 10.6 Å². The van der Waals surface area contributed by atoms with E-state index in [9.17, 15) is 14.9 Å². The fraction of sp³-hybridized carbons (Fsp3) is 0.182. The average molecular weight is 268 g/mol. The van der Waals surface area contributed by atoms with Crippen LogP contribution >= 0.6 is 11.6 Å². The quantitative estimate of drug-likeness (QED) is 0.629. The van der Waals surface area contributed by atoms with Gasteiger partial charge in [-0.2, -0.15) is 0 Å². The molecule has 0 saturated heterocycles. The summed E-state index contributed by atoms with van der Waals surface area (Å²) in [5.74, 6) is 0. The first-order valence-corrected chi connectivity index (χ1v) is 5.51. The average Bonchev–Trinajstić information content (AvgIpc) is 2.63. The van der Waals surface area contributed by atoms with Crippen LogP contribution in [0.25, 0.3) is 0 Å². The van der Waals surface area contributed by atoms with Crippen molar-refractivity contribution in [1.29, 1.82) is 0 Å². The molecule has 0 atom stereocenters. The van der Waals surface area contributed by atoms with E-state index in [1.807, 2.05) is 0 Å². The molecule has 7 heteroatoms. The molecular formula is C11H10ClN3O3. The zero-order chi connectivity index (χ0) is 13.3. The SMILES string of the molecule is Cn1ccn(Cc2ccc(Cl)cc2[N+](=O)[O-])c1=O. The van der Waals surface area contributed by atoms with Gasteiger partial charge in [0, 0.05) is 36.1 Å². The van der Waals surface area contributed by atoms with Crippen LogP contribution in [0.3, 0.4) is 0 Å². The largest absolute Gasteiger partial charge is 0.328 e. The summed E-state index contributed by atoms with van der Waals surface area (Å²) in [6.07, 6.45) is 3.19. The standard InChI is InChI=1S/C11H10ClN3O3/c1-13-4-5-14(11(13)16)7-8-2-3-9(12)6-10(8)15(17)18/h2-6H,7H2,1H3. The van der Waals surface area contributed by atoms with Gasteiger partial charge in [-0.3, -0.25) is 14.7 Å². The fourth-order valence-electron chi connectivity index (χ4n) is 1.66. The molecule has 0 fully saturated rings. The molecule has 1 aromatic heterocycles. The predicted octanol–water partition coefficient (Wildman–Crippen LogP) is 1.80. The van der Waals surface area contributed by atoms with Crippen molar-refractivity contribution in [3.63, 3.8) is 0 Å². The van der Waals surface area contributed by atoms with Gasteiger partial charge in [0.2, 0.25) is 0 Å². The Morgan fingerprint density at radius 1 is 1.39 bits per heavy atom. The maximum Gasteiger partial charge on any atom is 0.328 e. The summed E-state index contributed by atoms with van der Waals surface area (Å²) < 4.78 is 2.80. The summed E-state index contributed by atoms with van der Waals surface area (Å²) in [6.45, 7) is 0.146. The Labute approximate surface area is 107 Å². The van der Waals surface area contributed by atoms with Gasteiger partial charge in [0.25, 0.3) is 5.69 Å². The topological polar surface area (TPSA) is 70.1 Å². The molecule has 0 aliphatic rings. The van der Waals surface area contributed by atoms with Gasteiger partial charge in [-0.15, -0.1) is 0 Å². The van der Waals surface area contributed by atoms with Gasteiger partial charge in [0.15, 0.2) is 0 Å². The van der Waals surface area contributed by atoms with Crippen LogP contribution in [0.4, 0.5) is 5.69 Å². The molecule has 2 aromatic rings. The number of rotatable bonds is 3. The summed E-state index contributed by atoms with van der Waals surface area (Å²) in [7, 11) is 1.62. The summed E-state index contributed by atoms with van der Waals surface area (Å²) in [6, 6.07) is 4.41. The van der Waals surface area contributed by atoms with Crippen LogP contribution in [0.2, 0.25) is 5.02 Å². The Balaban J connectivity index is 2.43. The monoisotopic (exact) mass is 267 g/mol. The molecule has 0 aliphatic carbocycles. The molecule has 94 valence electrons. The second kappa shape index (κ2) is 4.66. The minimum absolute atomic E-state index is 0.0850. The van der Waals surface area contributed by atoms with Crippen molar-refractivity contribution in [2.24, 2.45) is 7.05 Å². The lowest BCUT2D eigenvalue weighted by molar-refractivity contribution is -0.385. The molecule has 6 nitrogen and oxygen atoms in total. The molecule has 0 aliphatic heterocycles. The highest BCUT2D eigenvalue weighted by Gasteiger charge is 2.15. The zero-order valence-corrected chi connectivity index (χ0v) is 10.3. The number of imidazole rings is 1. The molecule has 18 heavy (non-hydrogen) atoms. The molecule has 2 rings (SSSR count). The van der Waals surface area contributed by atoms with Gasteiger partial charge in [-0.25, -0.2) is 4.79 Å². The Morgan fingerprint density at radius 2 is 2.11 bits per heavy atom. The van der Waals surface area contributed by atoms with Gasteiger partial charge < -0.3 is 4.57 Å². The first kappa shape index (κ1) is 12.4. The van der Waals surface area contributed by atoms with Gasteiger partial charge in [0.05, 0.1) is 11.5 Å². The van der Waals surface area contributed by atoms with E-state index in [-0.39, 0.29) is 17.9 Å². The van der Waals surface area contributed by atoms with E-state index in [2.05, 4.69) is 0 Å². The Morgan fingerprint density at radius 3 is 2.67 bits per heavy atom. The number of hydrogen-bond donors (Lipinski definition) is 0. The molecule has 0 amide bonds. The normalized spacial score (nSPS) is 10.6. The highest BCUT2D eigenvalue weighted by atomic mass is 35.5. The van der Waals surface area contributed by atoms with Crippen LogP contribution in [-0.2, 0) is 13.6 Å². The lowest BCUT2D eigenvalue weighted by Crippen LogP contribution is -2.22. The number of hydrogen-bond acceptors (Lipinski definition) is 3. The lowest BCUT2D eigenvalue weighted by Gasteiger charge is -2.03. The minimum atomic E-state index is -0.505. The number of aromatic nitrogens is 2. The fourth-order valence-corrected chi connectivity index (χ4v) is 1.82. The van der Waals surface area contributed by atoms with Crippen molar-refractivity contribution in [3.05, 3.63) is 61.8 Å². The number of nitro groups is 1. The first-order chi connectivity index (χ1) is 8.49. The number of halogens is 1. The molecule has 0 unspecified atom stereocenters. The van der Waals surface area contributed by atoms with E-state index in [1.54, 1.807) is 31.6 Å². The second-order valence-corrected chi connectivity index (χ2v) is 4.29. The third-order valence-electron chi connectivity index (χ3n) is 2.60. The van der Waals surface area contributed by atoms with Gasteiger partial charge in [0.1, 0.15) is 0 Å². The van der Waals surface area contributed by atoms with Crippen molar-refractivity contribution < 1.29 is 4.92 Å². The molecule has 1 heterocycles. The van der Waals surface area contributed by atoms with Gasteiger partial charge in [-0.1, -0.05) is 11.6 Å². The summed E-state index contributed by atoms with van der Waals surface area (Å²) >= 11 is 5.72. The molecule has 0 saturated carbocycles. The smallest absolute Gasteiger partial charge is 0.302 e. The van der Waals surface area contributed by atoms with Gasteiger partial charge in [-0.05, 0) is 12.1 Å². The van der Waals surface area contributed by atoms with Crippen LogP contribution in [0.5, 0.6) is 0 Å². The first-order valence-electron chi connectivity index (χ1n) is 5.13. The van der Waals surface area contributed by atoms with Crippen molar-refractivity contribution in [2.45, 2.75) is 6.54 Å². The summed E-state index contributed by atoms with van der Waals surface area (Å²) in [5.41, 5.74) is 0.134. The maximum atomic E-state index is 11.7. The second-order valence-electron chi connectivity index (χ2n) is 3.85. The van der Waals surface area contributed by atoms with Crippen molar-refractivity contribution in [1.82, 2.24) is 9.13 Å². The van der Waals surface area contributed by atoms with Crippen molar-refractivity contribution in [2.75, 3.05) is 0 Å². The third-order valence-corrected chi connectivity index (χ3v) is 2.84. The molecule has 0 radical (unpaired) electrons. The summed E-state index contributed by atoms with van der Waals surface area (Å²) in [5, 5.41) is 11.2. The molecular weight excluding hydrogens is 258 g/mol. The number of aryl methyl sites for hydroxylation is 1. The molecule has 1 aromatic carbocycles. The third kappa shape index (κ3) is 2.28. The van der Waals surface area contributed by atoms with E-state index in [4.69, 9.17) is 11.6 Å². The van der Waals surface area contributed by atoms with E-state index in [1.165, 1.54) is 15.2 Å². The lowest BCUT2D eigenvalue weighted by atomic mass is 10.2. The van der Waals surface area contributed by atoms with E-state index < -0.39 is 4.92 Å². The van der Waals surface area contributed by atoms with E-state index in [0.717, 1.165) is 0 Å². The Bertz CT molecular complexity index is 660. The number of nitrogens with zero attached hydrogens (tertiary/aromatic N) is 3.